The van der Waals surface area contributed by atoms with Crippen LogP contribution in [0.1, 0.15) is 5.82 Å². The van der Waals surface area contributed by atoms with Crippen molar-refractivity contribution in [2.45, 2.75) is 12.1 Å². The molecule has 8 heteroatoms. The third-order valence-corrected chi connectivity index (χ3v) is 4.74. The molecule has 0 atom stereocenters. The standard InChI is InChI=1S/C19H20N4O3S/c1-13-21-22-19(23(13)15-7-9-16(25-2)10-8-15)27-12-18(24)20-14-5-4-6-17(11-14)26-3/h4-11H,12H2,1-3H3,(H,20,24). The van der Waals surface area contributed by atoms with Gasteiger partial charge in [0.25, 0.3) is 0 Å². The SMILES string of the molecule is COc1ccc(-n2c(C)nnc2SCC(=O)Nc2cccc(OC)c2)cc1. The van der Waals surface area contributed by atoms with Crippen molar-refractivity contribution in [2.24, 2.45) is 0 Å². The number of nitrogens with zero attached hydrogens (tertiary/aromatic N) is 3. The van der Waals surface area contributed by atoms with Gasteiger partial charge in [-0.25, -0.2) is 0 Å². The first-order valence-electron chi connectivity index (χ1n) is 8.24. The van der Waals surface area contributed by atoms with E-state index in [-0.39, 0.29) is 11.7 Å². The van der Waals surface area contributed by atoms with Crippen molar-refractivity contribution in [3.8, 4) is 17.2 Å². The quantitative estimate of drug-likeness (QED) is 0.630. The lowest BCUT2D eigenvalue weighted by Gasteiger charge is -2.10. The summed E-state index contributed by atoms with van der Waals surface area (Å²) in [7, 11) is 3.21. The molecule has 3 rings (SSSR count). The van der Waals surface area contributed by atoms with Crippen LogP contribution < -0.4 is 14.8 Å². The fourth-order valence-corrected chi connectivity index (χ4v) is 3.29. The molecule has 2 aromatic carbocycles. The minimum atomic E-state index is -0.129. The summed E-state index contributed by atoms with van der Waals surface area (Å²) in [5.74, 6) is 2.30. The lowest BCUT2D eigenvalue weighted by Crippen LogP contribution is -2.14. The lowest BCUT2D eigenvalue weighted by molar-refractivity contribution is -0.113. The number of hydrogen-bond donors (Lipinski definition) is 1. The fraction of sp³-hybridized carbons (Fsp3) is 0.211. The van der Waals surface area contributed by atoms with Crippen LogP contribution in [-0.4, -0.2) is 40.6 Å². The number of aromatic nitrogens is 3. The van der Waals surface area contributed by atoms with E-state index >= 15 is 0 Å². The minimum absolute atomic E-state index is 0.129. The van der Waals surface area contributed by atoms with Gasteiger partial charge in [-0.3, -0.25) is 9.36 Å². The summed E-state index contributed by atoms with van der Waals surface area (Å²) >= 11 is 1.32. The number of thioether (sulfide) groups is 1. The highest BCUT2D eigenvalue weighted by Gasteiger charge is 2.14. The highest BCUT2D eigenvalue weighted by atomic mass is 32.2. The van der Waals surface area contributed by atoms with Crippen LogP contribution in [0.3, 0.4) is 0 Å². The van der Waals surface area contributed by atoms with Crippen LogP contribution in [0.2, 0.25) is 0 Å². The molecule has 0 spiro atoms. The first-order valence-corrected chi connectivity index (χ1v) is 9.22. The zero-order valence-corrected chi connectivity index (χ0v) is 16.1. The number of rotatable bonds is 7. The number of benzene rings is 2. The molecule has 3 aromatic rings. The molecule has 0 aliphatic heterocycles. The Kier molecular flexibility index (Phi) is 5.97. The Bertz CT molecular complexity index is 925. The highest BCUT2D eigenvalue weighted by Crippen LogP contribution is 2.24. The smallest absolute Gasteiger partial charge is 0.234 e. The molecule has 1 aromatic heterocycles. The Labute approximate surface area is 161 Å². The topological polar surface area (TPSA) is 78.3 Å². The van der Waals surface area contributed by atoms with E-state index in [0.717, 1.165) is 17.3 Å². The van der Waals surface area contributed by atoms with Crippen molar-refractivity contribution < 1.29 is 14.3 Å². The van der Waals surface area contributed by atoms with Crippen LogP contribution in [0.15, 0.2) is 53.7 Å². The predicted octanol–water partition coefficient (Wildman–Crippen LogP) is 3.32. The second-order valence-corrected chi connectivity index (χ2v) is 6.57. The van der Waals surface area contributed by atoms with Gasteiger partial charge in [0.2, 0.25) is 5.91 Å². The number of amides is 1. The number of carbonyl (C=O) groups excluding carboxylic acids is 1. The maximum Gasteiger partial charge on any atom is 0.234 e. The molecule has 0 aliphatic rings. The Morgan fingerprint density at radius 1 is 1.07 bits per heavy atom. The molecule has 0 radical (unpaired) electrons. The summed E-state index contributed by atoms with van der Waals surface area (Å²) in [6.45, 7) is 1.87. The molecule has 0 bridgehead atoms. The van der Waals surface area contributed by atoms with Crippen molar-refractivity contribution in [1.29, 1.82) is 0 Å². The van der Waals surface area contributed by atoms with Gasteiger partial charge in [0.05, 0.1) is 20.0 Å². The summed E-state index contributed by atoms with van der Waals surface area (Å²) < 4.78 is 12.3. The third-order valence-electron chi connectivity index (χ3n) is 3.81. The van der Waals surface area contributed by atoms with Crippen LogP contribution in [-0.2, 0) is 4.79 Å². The molecule has 0 saturated heterocycles. The zero-order chi connectivity index (χ0) is 19.2. The second-order valence-electron chi connectivity index (χ2n) is 5.63. The summed E-state index contributed by atoms with van der Waals surface area (Å²) in [6, 6.07) is 14.8. The van der Waals surface area contributed by atoms with E-state index in [4.69, 9.17) is 9.47 Å². The molecule has 0 unspecified atom stereocenters. The van der Waals surface area contributed by atoms with Crippen molar-refractivity contribution in [3.63, 3.8) is 0 Å². The monoisotopic (exact) mass is 384 g/mol. The maximum absolute atomic E-state index is 12.3. The number of carbonyl (C=O) groups is 1. The summed E-state index contributed by atoms with van der Waals surface area (Å²) in [6.07, 6.45) is 0. The summed E-state index contributed by atoms with van der Waals surface area (Å²) in [5, 5.41) is 11.8. The van der Waals surface area contributed by atoms with Gasteiger partial charge in [0, 0.05) is 17.4 Å². The van der Waals surface area contributed by atoms with Gasteiger partial charge in [-0.15, -0.1) is 10.2 Å². The molecule has 27 heavy (non-hydrogen) atoms. The molecule has 0 saturated carbocycles. The first kappa shape index (κ1) is 18.8. The number of nitrogens with one attached hydrogen (secondary N) is 1. The Morgan fingerprint density at radius 3 is 2.52 bits per heavy atom. The second kappa shape index (κ2) is 8.59. The van der Waals surface area contributed by atoms with E-state index in [0.29, 0.717) is 16.6 Å². The largest absolute Gasteiger partial charge is 0.497 e. The number of anilines is 1. The van der Waals surface area contributed by atoms with Crippen LogP contribution >= 0.6 is 11.8 Å². The van der Waals surface area contributed by atoms with E-state index < -0.39 is 0 Å². The molecule has 1 heterocycles. The molecular formula is C19H20N4O3S. The highest BCUT2D eigenvalue weighted by molar-refractivity contribution is 7.99. The Hall–Kier alpha value is -3.00. The summed E-state index contributed by atoms with van der Waals surface area (Å²) in [4.78, 5) is 12.3. The third kappa shape index (κ3) is 4.59. The van der Waals surface area contributed by atoms with Crippen LogP contribution in [0.25, 0.3) is 5.69 Å². The molecule has 1 N–H and O–H groups in total. The van der Waals surface area contributed by atoms with Crippen LogP contribution in [0.4, 0.5) is 5.69 Å². The van der Waals surface area contributed by atoms with Gasteiger partial charge in [-0.05, 0) is 43.3 Å². The van der Waals surface area contributed by atoms with E-state index in [1.165, 1.54) is 11.8 Å². The zero-order valence-electron chi connectivity index (χ0n) is 15.3. The first-order chi connectivity index (χ1) is 13.1. The molecule has 1 amide bonds. The lowest BCUT2D eigenvalue weighted by atomic mass is 10.3. The van der Waals surface area contributed by atoms with Crippen molar-refractivity contribution >= 4 is 23.4 Å². The Balaban J connectivity index is 1.68. The van der Waals surface area contributed by atoms with Crippen LogP contribution in [0.5, 0.6) is 11.5 Å². The molecule has 0 aliphatic carbocycles. The van der Waals surface area contributed by atoms with Gasteiger partial charge < -0.3 is 14.8 Å². The average Bonchev–Trinajstić information content (AvgIpc) is 3.07. The van der Waals surface area contributed by atoms with Gasteiger partial charge in [0.15, 0.2) is 5.16 Å². The molecule has 140 valence electrons. The number of aryl methyl sites for hydroxylation is 1. The maximum atomic E-state index is 12.3. The molecule has 0 fully saturated rings. The Morgan fingerprint density at radius 2 is 1.81 bits per heavy atom. The molecular weight excluding hydrogens is 364 g/mol. The predicted molar refractivity (Wildman–Crippen MR) is 105 cm³/mol. The average molecular weight is 384 g/mol. The number of methoxy groups -OCH3 is 2. The van der Waals surface area contributed by atoms with E-state index in [1.54, 1.807) is 20.3 Å². The molecule has 7 nitrogen and oxygen atoms in total. The number of ether oxygens (including phenoxy) is 2. The van der Waals surface area contributed by atoms with Crippen molar-refractivity contribution in [1.82, 2.24) is 14.8 Å². The normalized spacial score (nSPS) is 10.5. The fourth-order valence-electron chi connectivity index (χ4n) is 2.49. The van der Waals surface area contributed by atoms with Gasteiger partial charge in [0.1, 0.15) is 17.3 Å². The minimum Gasteiger partial charge on any atom is -0.497 e. The number of hydrogen-bond acceptors (Lipinski definition) is 6. The summed E-state index contributed by atoms with van der Waals surface area (Å²) in [5.41, 5.74) is 1.60. The van der Waals surface area contributed by atoms with Gasteiger partial charge in [-0.1, -0.05) is 17.8 Å². The van der Waals surface area contributed by atoms with E-state index in [9.17, 15) is 4.79 Å². The van der Waals surface area contributed by atoms with E-state index in [1.807, 2.05) is 54.0 Å². The van der Waals surface area contributed by atoms with Gasteiger partial charge >= 0.3 is 0 Å². The van der Waals surface area contributed by atoms with E-state index in [2.05, 4.69) is 15.5 Å². The van der Waals surface area contributed by atoms with Crippen molar-refractivity contribution in [2.75, 3.05) is 25.3 Å². The van der Waals surface area contributed by atoms with Gasteiger partial charge in [-0.2, -0.15) is 0 Å². The van der Waals surface area contributed by atoms with Crippen LogP contribution in [0, 0.1) is 6.92 Å². The van der Waals surface area contributed by atoms with Crippen molar-refractivity contribution in [3.05, 3.63) is 54.4 Å².